The predicted octanol–water partition coefficient (Wildman–Crippen LogP) is 4.93. The van der Waals surface area contributed by atoms with Gasteiger partial charge in [-0.3, -0.25) is 4.99 Å². The van der Waals surface area contributed by atoms with Gasteiger partial charge in [-0.2, -0.15) is 13.2 Å². The highest BCUT2D eigenvalue weighted by molar-refractivity contribution is 6.12. The number of hydrogen-bond donors (Lipinski definition) is 2. The number of alkyl halides is 3. The van der Waals surface area contributed by atoms with Gasteiger partial charge in [-0.25, -0.2) is 0 Å². The summed E-state index contributed by atoms with van der Waals surface area (Å²) in [6.07, 6.45) is -4.35. The monoisotopic (exact) mass is 379 g/mol. The van der Waals surface area contributed by atoms with Crippen molar-refractivity contribution in [3.63, 3.8) is 0 Å². The largest absolute Gasteiger partial charge is 0.416 e. The summed E-state index contributed by atoms with van der Waals surface area (Å²) in [5, 5.41) is 4.22. The summed E-state index contributed by atoms with van der Waals surface area (Å²) in [7, 11) is 0. The van der Waals surface area contributed by atoms with Gasteiger partial charge >= 0.3 is 6.18 Å². The van der Waals surface area contributed by atoms with E-state index in [4.69, 9.17) is 0 Å². The number of hydrogen-bond acceptors (Lipinski definition) is 2. The van der Waals surface area contributed by atoms with Gasteiger partial charge in [0.05, 0.1) is 12.1 Å². The number of fused-ring (bicyclic) bond motifs is 1. The summed E-state index contributed by atoms with van der Waals surface area (Å²) >= 11 is 0. The quantitative estimate of drug-likeness (QED) is 0.651. The molecule has 0 bridgehead atoms. The zero-order valence-electron chi connectivity index (χ0n) is 13.9. The summed E-state index contributed by atoms with van der Waals surface area (Å²) in [5.41, 5.74) is 3.57. The second kappa shape index (κ2) is 6.68. The molecule has 3 nitrogen and oxygen atoms in total. The molecule has 0 aliphatic carbocycles. The molecule has 0 spiro atoms. The van der Waals surface area contributed by atoms with Crippen LogP contribution in [0.3, 0.4) is 0 Å². The average molecular weight is 380 g/mol. The maximum atomic E-state index is 13.0. The molecule has 2 aromatic carbocycles. The molecule has 0 radical (unpaired) electrons. The molecule has 2 N–H and O–H groups in total. The number of aromatic amines is 1. The van der Waals surface area contributed by atoms with Crippen LogP contribution in [0.15, 0.2) is 47.5 Å². The molecule has 0 atom stereocenters. The lowest BCUT2D eigenvalue weighted by Gasteiger charge is -2.09. The number of rotatable bonds is 2. The van der Waals surface area contributed by atoms with E-state index < -0.39 is 11.7 Å². The number of aryl methyl sites for hydroxylation is 1. The predicted molar refractivity (Wildman–Crippen MR) is 100 cm³/mol. The third-order valence-electron chi connectivity index (χ3n) is 4.42. The van der Waals surface area contributed by atoms with Crippen molar-refractivity contribution in [2.24, 2.45) is 4.99 Å². The van der Waals surface area contributed by atoms with Crippen molar-refractivity contribution in [2.75, 3.05) is 13.1 Å². The number of benzene rings is 2. The SMILES string of the molecule is Cc1[nH]c2ccc(-c3cccc(C(F)(F)F)c3)cc2c1C1=NCCN1.Cl. The van der Waals surface area contributed by atoms with Gasteiger partial charge in [-0.1, -0.05) is 18.2 Å². The Morgan fingerprint density at radius 3 is 2.50 bits per heavy atom. The fraction of sp³-hybridized carbons (Fsp3) is 0.211. The molecular weight excluding hydrogens is 363 g/mol. The van der Waals surface area contributed by atoms with E-state index in [0.29, 0.717) is 5.56 Å². The molecule has 136 valence electrons. The normalized spacial score (nSPS) is 14.1. The Balaban J connectivity index is 0.00000196. The van der Waals surface area contributed by atoms with E-state index in [0.717, 1.165) is 52.7 Å². The first kappa shape index (κ1) is 18.3. The fourth-order valence-corrected chi connectivity index (χ4v) is 3.25. The van der Waals surface area contributed by atoms with E-state index in [1.807, 2.05) is 25.1 Å². The van der Waals surface area contributed by atoms with Gasteiger partial charge in [-0.15, -0.1) is 12.4 Å². The zero-order valence-corrected chi connectivity index (χ0v) is 14.8. The molecule has 26 heavy (non-hydrogen) atoms. The summed E-state index contributed by atoms with van der Waals surface area (Å²) in [6, 6.07) is 11.1. The topological polar surface area (TPSA) is 40.2 Å². The molecule has 1 aliphatic rings. The first-order chi connectivity index (χ1) is 11.9. The second-order valence-electron chi connectivity index (χ2n) is 6.12. The molecule has 0 saturated carbocycles. The van der Waals surface area contributed by atoms with E-state index in [1.54, 1.807) is 6.07 Å². The van der Waals surface area contributed by atoms with Crippen LogP contribution in [0.2, 0.25) is 0 Å². The van der Waals surface area contributed by atoms with E-state index >= 15 is 0 Å². The van der Waals surface area contributed by atoms with E-state index in [2.05, 4.69) is 15.3 Å². The van der Waals surface area contributed by atoms with Crippen molar-refractivity contribution >= 4 is 29.1 Å². The number of H-pyrrole nitrogens is 1. The third-order valence-corrected chi connectivity index (χ3v) is 4.42. The van der Waals surface area contributed by atoms with Crippen molar-refractivity contribution in [3.05, 3.63) is 59.3 Å². The lowest BCUT2D eigenvalue weighted by molar-refractivity contribution is -0.137. The Morgan fingerprint density at radius 1 is 1.04 bits per heavy atom. The highest BCUT2D eigenvalue weighted by Gasteiger charge is 2.30. The van der Waals surface area contributed by atoms with E-state index in [9.17, 15) is 13.2 Å². The van der Waals surface area contributed by atoms with Gasteiger partial charge in [0.15, 0.2) is 0 Å². The van der Waals surface area contributed by atoms with Crippen LogP contribution in [0, 0.1) is 6.92 Å². The number of amidine groups is 1. The molecule has 0 saturated heterocycles. The van der Waals surface area contributed by atoms with Gasteiger partial charge in [-0.05, 0) is 42.3 Å². The van der Waals surface area contributed by atoms with Gasteiger partial charge in [0.25, 0.3) is 0 Å². The lowest BCUT2D eigenvalue weighted by atomic mass is 10.00. The first-order valence-electron chi connectivity index (χ1n) is 8.02. The van der Waals surface area contributed by atoms with Gasteiger partial charge in [0.1, 0.15) is 5.84 Å². The second-order valence-corrected chi connectivity index (χ2v) is 6.12. The molecule has 0 unspecified atom stereocenters. The molecule has 1 aromatic heterocycles. The first-order valence-corrected chi connectivity index (χ1v) is 8.02. The molecule has 2 heterocycles. The Morgan fingerprint density at radius 2 is 1.81 bits per heavy atom. The summed E-state index contributed by atoms with van der Waals surface area (Å²) < 4.78 is 38.9. The Kier molecular flexibility index (Phi) is 4.71. The molecular formula is C19H17ClF3N3. The van der Waals surface area contributed by atoms with Crippen LogP contribution < -0.4 is 5.32 Å². The van der Waals surface area contributed by atoms with Crippen molar-refractivity contribution < 1.29 is 13.2 Å². The van der Waals surface area contributed by atoms with E-state index in [-0.39, 0.29) is 12.4 Å². The van der Waals surface area contributed by atoms with Crippen LogP contribution in [-0.2, 0) is 6.18 Å². The highest BCUT2D eigenvalue weighted by Crippen LogP contribution is 2.34. The van der Waals surface area contributed by atoms with Crippen molar-refractivity contribution in [2.45, 2.75) is 13.1 Å². The number of aromatic nitrogens is 1. The Bertz CT molecular complexity index is 989. The van der Waals surface area contributed by atoms with Crippen LogP contribution in [0.4, 0.5) is 13.2 Å². The molecule has 0 fully saturated rings. The van der Waals surface area contributed by atoms with Crippen LogP contribution in [0.1, 0.15) is 16.8 Å². The summed E-state index contributed by atoms with van der Waals surface area (Å²) in [6.45, 7) is 3.51. The molecule has 4 rings (SSSR count). The maximum Gasteiger partial charge on any atom is 0.416 e. The van der Waals surface area contributed by atoms with Gasteiger partial charge < -0.3 is 10.3 Å². The zero-order chi connectivity index (χ0) is 17.6. The third kappa shape index (κ3) is 3.17. The van der Waals surface area contributed by atoms with Crippen molar-refractivity contribution in [3.8, 4) is 11.1 Å². The minimum absolute atomic E-state index is 0. The fourth-order valence-electron chi connectivity index (χ4n) is 3.25. The van der Waals surface area contributed by atoms with Crippen molar-refractivity contribution in [1.82, 2.24) is 10.3 Å². The van der Waals surface area contributed by atoms with Crippen LogP contribution in [-0.4, -0.2) is 23.9 Å². The number of nitrogens with one attached hydrogen (secondary N) is 2. The number of nitrogens with zero attached hydrogens (tertiary/aromatic N) is 1. The lowest BCUT2D eigenvalue weighted by Crippen LogP contribution is -2.19. The van der Waals surface area contributed by atoms with E-state index in [1.165, 1.54) is 12.1 Å². The van der Waals surface area contributed by atoms with Crippen LogP contribution in [0.5, 0.6) is 0 Å². The summed E-state index contributed by atoms with van der Waals surface area (Å²) in [4.78, 5) is 7.79. The van der Waals surface area contributed by atoms with Crippen LogP contribution in [0.25, 0.3) is 22.0 Å². The Hall–Kier alpha value is -2.47. The smallest absolute Gasteiger partial charge is 0.368 e. The Labute approximate surface area is 154 Å². The number of aliphatic imine (C=N–C) groups is 1. The highest BCUT2D eigenvalue weighted by atomic mass is 35.5. The minimum atomic E-state index is -4.35. The minimum Gasteiger partial charge on any atom is -0.368 e. The van der Waals surface area contributed by atoms with Gasteiger partial charge in [0.2, 0.25) is 0 Å². The van der Waals surface area contributed by atoms with Gasteiger partial charge in [0, 0.05) is 28.7 Å². The average Bonchev–Trinajstić information content (AvgIpc) is 3.20. The molecule has 0 amide bonds. The standard InChI is InChI=1S/C19H16F3N3.ClH/c1-11-17(18-23-7-8-24-18)15-10-13(5-6-16(15)25-11)12-3-2-4-14(9-12)19(20,21)22;/h2-6,9-10,25H,7-8H2,1H3,(H,23,24);1H. The molecule has 1 aliphatic heterocycles. The molecule has 7 heteroatoms. The molecule has 3 aromatic rings. The summed E-state index contributed by atoms with van der Waals surface area (Å²) in [5.74, 6) is 0.838. The van der Waals surface area contributed by atoms with Crippen LogP contribution >= 0.6 is 12.4 Å². The number of halogens is 4. The maximum absolute atomic E-state index is 13.0. The van der Waals surface area contributed by atoms with Crippen molar-refractivity contribution in [1.29, 1.82) is 0 Å².